The summed E-state index contributed by atoms with van der Waals surface area (Å²) in [5, 5.41) is 11.8. The van der Waals surface area contributed by atoms with Crippen LogP contribution in [0.1, 0.15) is 92.8 Å². The molecule has 0 aliphatic carbocycles. The first-order chi connectivity index (χ1) is 10.5. The summed E-state index contributed by atoms with van der Waals surface area (Å²) in [5.41, 5.74) is 0. The van der Waals surface area contributed by atoms with Crippen LogP contribution in [0.2, 0.25) is 0 Å². The number of nitrogens with one attached hydrogen (secondary N) is 1. The average molecular weight is 337 g/mol. The summed E-state index contributed by atoms with van der Waals surface area (Å²) in [6.07, 6.45) is 12.1. The normalized spacial score (nSPS) is 13.0. The van der Waals surface area contributed by atoms with Gasteiger partial charge in [-0.2, -0.15) is 0 Å². The molecule has 4 nitrogen and oxygen atoms in total. The van der Waals surface area contributed by atoms with Crippen molar-refractivity contribution in [1.29, 1.82) is 0 Å². The molecule has 2 N–H and O–H groups in total. The van der Waals surface area contributed by atoms with Crippen molar-refractivity contribution < 1.29 is 45.7 Å². The fourth-order valence-corrected chi connectivity index (χ4v) is 2.52. The van der Waals surface area contributed by atoms with Crippen LogP contribution in [0.3, 0.4) is 0 Å². The molecule has 0 spiro atoms. The molecule has 0 unspecified atom stereocenters. The van der Waals surface area contributed by atoms with Gasteiger partial charge in [0.05, 0.1) is 0 Å². The predicted octanol–water partition coefficient (Wildman–Crippen LogP) is 1.64. The van der Waals surface area contributed by atoms with Gasteiger partial charge in [-0.15, -0.1) is 0 Å². The number of hydrogen-bond donors (Lipinski definition) is 2. The molecule has 132 valence electrons. The van der Waals surface area contributed by atoms with Crippen LogP contribution in [0.4, 0.5) is 0 Å². The Bertz CT molecular complexity index is 317. The van der Waals surface area contributed by atoms with Crippen LogP contribution in [0.15, 0.2) is 0 Å². The quantitative estimate of drug-likeness (QED) is 0.374. The zero-order valence-corrected chi connectivity index (χ0v) is 17.7. The number of unbranched alkanes of at least 4 members (excludes halogenated alkanes) is 8. The molecule has 0 aromatic carbocycles. The van der Waals surface area contributed by atoms with Gasteiger partial charge in [-0.3, -0.25) is 4.79 Å². The Labute approximate surface area is 166 Å². The molecular formula is C18H36NNaO3. The first-order valence-electron chi connectivity index (χ1n) is 9.05. The maximum Gasteiger partial charge on any atom is 1.00 e. The van der Waals surface area contributed by atoms with E-state index in [0.29, 0.717) is 6.42 Å². The van der Waals surface area contributed by atoms with Crippen LogP contribution in [0, 0.1) is 5.92 Å². The fraction of sp³-hybridized carbons (Fsp3) is 0.889. The van der Waals surface area contributed by atoms with Gasteiger partial charge in [0.1, 0.15) is 6.04 Å². The van der Waals surface area contributed by atoms with Crippen molar-refractivity contribution in [1.82, 2.24) is 5.32 Å². The SMILES string of the molecule is CCCCCCCCCCCC(=O)N[C@H](C(=O)O)[C@@H](C)CC.[H-].[Na+]. The van der Waals surface area contributed by atoms with Gasteiger partial charge in [0.15, 0.2) is 0 Å². The minimum absolute atomic E-state index is 0. The fourth-order valence-electron chi connectivity index (χ4n) is 2.52. The van der Waals surface area contributed by atoms with Crippen LogP contribution in [0.5, 0.6) is 0 Å². The third-order valence-corrected chi connectivity index (χ3v) is 4.30. The van der Waals surface area contributed by atoms with Crippen molar-refractivity contribution in [2.45, 2.75) is 97.4 Å². The summed E-state index contributed by atoms with van der Waals surface area (Å²) in [6.45, 7) is 6.02. The molecule has 0 heterocycles. The van der Waals surface area contributed by atoms with Gasteiger partial charge in [-0.25, -0.2) is 4.79 Å². The minimum Gasteiger partial charge on any atom is -1.00 e. The molecule has 23 heavy (non-hydrogen) atoms. The molecule has 0 saturated heterocycles. The number of aliphatic carboxylic acids is 1. The van der Waals surface area contributed by atoms with Crippen molar-refractivity contribution in [2.75, 3.05) is 0 Å². The Hall–Kier alpha value is -0.0600. The molecule has 0 aliphatic heterocycles. The number of carboxylic acid groups (broad SMARTS) is 1. The summed E-state index contributed by atoms with van der Waals surface area (Å²) in [7, 11) is 0. The monoisotopic (exact) mass is 337 g/mol. The van der Waals surface area contributed by atoms with E-state index in [1.54, 1.807) is 0 Å². The summed E-state index contributed by atoms with van der Waals surface area (Å²) in [4.78, 5) is 23.0. The largest absolute Gasteiger partial charge is 1.00 e. The molecule has 0 aromatic rings. The van der Waals surface area contributed by atoms with Crippen molar-refractivity contribution >= 4 is 11.9 Å². The third-order valence-electron chi connectivity index (χ3n) is 4.30. The molecule has 0 aromatic heterocycles. The Morgan fingerprint density at radius 1 is 0.957 bits per heavy atom. The van der Waals surface area contributed by atoms with E-state index in [0.717, 1.165) is 19.3 Å². The number of hydrogen-bond acceptors (Lipinski definition) is 2. The van der Waals surface area contributed by atoms with E-state index in [9.17, 15) is 9.59 Å². The second kappa shape index (κ2) is 16.8. The maximum absolute atomic E-state index is 11.8. The van der Waals surface area contributed by atoms with E-state index >= 15 is 0 Å². The molecule has 0 radical (unpaired) electrons. The van der Waals surface area contributed by atoms with Gasteiger partial charge in [0.2, 0.25) is 5.91 Å². The average Bonchev–Trinajstić information content (AvgIpc) is 2.50. The van der Waals surface area contributed by atoms with Crippen molar-refractivity contribution in [3.8, 4) is 0 Å². The second-order valence-corrected chi connectivity index (χ2v) is 6.35. The topological polar surface area (TPSA) is 66.4 Å². The maximum atomic E-state index is 11.8. The van der Waals surface area contributed by atoms with E-state index < -0.39 is 12.0 Å². The van der Waals surface area contributed by atoms with Crippen LogP contribution >= 0.6 is 0 Å². The number of carbonyl (C=O) groups is 2. The molecule has 5 heteroatoms. The first kappa shape index (κ1) is 25.2. The third kappa shape index (κ3) is 14.0. The van der Waals surface area contributed by atoms with Crippen LogP contribution in [-0.2, 0) is 9.59 Å². The summed E-state index contributed by atoms with van der Waals surface area (Å²) >= 11 is 0. The van der Waals surface area contributed by atoms with Gasteiger partial charge < -0.3 is 11.8 Å². The summed E-state index contributed by atoms with van der Waals surface area (Å²) in [6, 6.07) is -0.754. The minimum atomic E-state index is -0.935. The van der Waals surface area contributed by atoms with Crippen molar-refractivity contribution in [3.05, 3.63) is 0 Å². The zero-order valence-electron chi connectivity index (χ0n) is 16.7. The summed E-state index contributed by atoms with van der Waals surface area (Å²) in [5.74, 6) is -1.10. The van der Waals surface area contributed by atoms with Crippen molar-refractivity contribution in [3.63, 3.8) is 0 Å². The van der Waals surface area contributed by atoms with Gasteiger partial charge in [0, 0.05) is 6.42 Å². The smallest absolute Gasteiger partial charge is 1.00 e. The number of amides is 1. The van der Waals surface area contributed by atoms with Gasteiger partial charge >= 0.3 is 35.5 Å². The van der Waals surface area contributed by atoms with E-state index in [1.807, 2.05) is 13.8 Å². The standard InChI is InChI=1S/C18H35NO3.Na.H/c1-4-6-7-8-9-10-11-12-13-14-16(20)19-17(18(21)22)15(3)5-2;;/h15,17H,4-14H2,1-3H3,(H,19,20)(H,21,22);;/q;+1;-1/t15-,17-;;/m0../s1. The predicted molar refractivity (Wildman–Crippen MR) is 92.0 cm³/mol. The van der Waals surface area contributed by atoms with Gasteiger partial charge in [-0.1, -0.05) is 78.6 Å². The first-order valence-corrected chi connectivity index (χ1v) is 9.05. The number of carboxylic acids is 1. The Morgan fingerprint density at radius 2 is 1.43 bits per heavy atom. The second-order valence-electron chi connectivity index (χ2n) is 6.35. The van der Waals surface area contributed by atoms with Gasteiger partial charge in [-0.05, 0) is 12.3 Å². The van der Waals surface area contributed by atoms with Crippen LogP contribution in [-0.4, -0.2) is 23.0 Å². The van der Waals surface area contributed by atoms with E-state index in [2.05, 4.69) is 12.2 Å². The molecule has 0 aliphatic rings. The molecule has 0 rings (SSSR count). The molecule has 0 bridgehead atoms. The Balaban J connectivity index is -0.00000220. The Kier molecular flexibility index (Phi) is 18.4. The zero-order chi connectivity index (χ0) is 16.8. The van der Waals surface area contributed by atoms with Crippen molar-refractivity contribution in [2.24, 2.45) is 5.92 Å². The van der Waals surface area contributed by atoms with Gasteiger partial charge in [0.25, 0.3) is 0 Å². The number of rotatable bonds is 14. The molecule has 0 saturated carbocycles. The van der Waals surface area contributed by atoms with Crippen LogP contribution < -0.4 is 34.9 Å². The Morgan fingerprint density at radius 3 is 1.87 bits per heavy atom. The molecule has 0 fully saturated rings. The van der Waals surface area contributed by atoms with Crippen LogP contribution in [0.25, 0.3) is 0 Å². The van der Waals surface area contributed by atoms with E-state index in [-0.39, 0.29) is 42.8 Å². The van der Waals surface area contributed by atoms with E-state index in [1.165, 1.54) is 44.9 Å². The molecule has 2 atom stereocenters. The number of carbonyl (C=O) groups excluding carboxylic acids is 1. The molecular weight excluding hydrogens is 301 g/mol. The molecule has 1 amide bonds. The summed E-state index contributed by atoms with van der Waals surface area (Å²) < 4.78 is 0. The van der Waals surface area contributed by atoms with E-state index in [4.69, 9.17) is 5.11 Å².